The molecule has 1 aromatic heterocycles. The molecule has 1 saturated heterocycles. The molecule has 0 aliphatic carbocycles. The highest BCUT2D eigenvalue weighted by Gasteiger charge is 2.30. The van der Waals surface area contributed by atoms with Gasteiger partial charge in [0.2, 0.25) is 5.91 Å². The fraction of sp³-hybridized carbons (Fsp3) is 0.296. The van der Waals surface area contributed by atoms with E-state index >= 15 is 0 Å². The van der Waals surface area contributed by atoms with Crippen LogP contribution in [0.3, 0.4) is 0 Å². The van der Waals surface area contributed by atoms with E-state index in [0.29, 0.717) is 31.5 Å². The lowest BCUT2D eigenvalue weighted by atomic mass is 10.0. The Morgan fingerprint density at radius 2 is 1.89 bits per heavy atom. The highest BCUT2D eigenvalue weighted by atomic mass is 19.1. The first-order valence-corrected chi connectivity index (χ1v) is 12.0. The van der Waals surface area contributed by atoms with Crippen molar-refractivity contribution in [1.82, 2.24) is 14.7 Å². The Hall–Kier alpha value is -4.25. The molecule has 11 heteroatoms. The zero-order chi connectivity index (χ0) is 27.6. The average Bonchev–Trinajstić information content (AvgIpc) is 3.21. The molecule has 1 aliphatic rings. The van der Waals surface area contributed by atoms with Gasteiger partial charge in [0.25, 0.3) is 5.91 Å². The Labute approximate surface area is 218 Å². The van der Waals surface area contributed by atoms with Crippen molar-refractivity contribution in [2.75, 3.05) is 18.8 Å². The van der Waals surface area contributed by atoms with Gasteiger partial charge < -0.3 is 26.2 Å². The topological polar surface area (TPSA) is 137 Å². The maximum Gasteiger partial charge on any atom is 0.254 e. The molecule has 0 saturated carbocycles. The van der Waals surface area contributed by atoms with Gasteiger partial charge in [-0.25, -0.2) is 13.5 Å². The predicted molar refractivity (Wildman–Crippen MR) is 137 cm³/mol. The van der Waals surface area contributed by atoms with Crippen molar-refractivity contribution in [2.45, 2.75) is 38.3 Å². The number of primary amides is 1. The first-order chi connectivity index (χ1) is 17.9. The minimum atomic E-state index is -1.11. The molecule has 1 fully saturated rings. The summed E-state index contributed by atoms with van der Waals surface area (Å²) in [5.74, 6) is -2.32. The number of anilines is 1. The number of halogens is 2. The number of ether oxygens (including phenoxy) is 1. The number of rotatable bonds is 7. The van der Waals surface area contributed by atoms with Crippen molar-refractivity contribution in [3.8, 4) is 22.8 Å². The fourth-order valence-electron chi connectivity index (χ4n) is 4.27. The standard InChI is InChI=1S/C27H29F2N5O4/c1-27(2,37)12-11-22(35)33-13-3-4-18(15-33)34-25(30)23(26(31)36)24(32-34)16-5-8-19(9-6-16)38-21-10-7-17(28)14-20(21)29/h5-12,14,18,37H,3-4,13,15,30H2,1-2H3,(H2,31,36)/b12-11+. The van der Waals surface area contributed by atoms with E-state index in [4.69, 9.17) is 16.2 Å². The molecule has 200 valence electrons. The zero-order valence-electron chi connectivity index (χ0n) is 21.0. The molecule has 1 unspecified atom stereocenters. The summed E-state index contributed by atoms with van der Waals surface area (Å²) in [6.07, 6.45) is 4.15. The summed E-state index contributed by atoms with van der Waals surface area (Å²) in [5, 5.41) is 14.5. The quantitative estimate of drug-likeness (QED) is 0.402. The molecule has 2 amide bonds. The molecule has 2 aromatic carbocycles. The third-order valence-electron chi connectivity index (χ3n) is 6.13. The lowest BCUT2D eigenvalue weighted by molar-refractivity contribution is -0.127. The van der Waals surface area contributed by atoms with Gasteiger partial charge in [-0.2, -0.15) is 5.10 Å². The largest absolute Gasteiger partial charge is 0.454 e. The first-order valence-electron chi connectivity index (χ1n) is 12.0. The maximum absolute atomic E-state index is 13.9. The van der Waals surface area contributed by atoms with Crippen LogP contribution < -0.4 is 16.2 Å². The van der Waals surface area contributed by atoms with Gasteiger partial charge in [-0.15, -0.1) is 0 Å². The van der Waals surface area contributed by atoms with Crippen molar-refractivity contribution in [3.63, 3.8) is 0 Å². The van der Waals surface area contributed by atoms with Crippen LogP contribution in [0.1, 0.15) is 43.1 Å². The third kappa shape index (κ3) is 6.00. The van der Waals surface area contributed by atoms with Gasteiger partial charge in [0.1, 0.15) is 28.6 Å². The number of hydrogen-bond donors (Lipinski definition) is 3. The van der Waals surface area contributed by atoms with Crippen LogP contribution in [0.5, 0.6) is 11.5 Å². The Kier molecular flexibility index (Phi) is 7.49. The van der Waals surface area contributed by atoms with Crippen LogP contribution in [0, 0.1) is 11.6 Å². The molecule has 2 heterocycles. The summed E-state index contributed by atoms with van der Waals surface area (Å²) in [7, 11) is 0. The summed E-state index contributed by atoms with van der Waals surface area (Å²) < 4.78 is 34.1. The van der Waals surface area contributed by atoms with Gasteiger partial charge in [0.15, 0.2) is 11.6 Å². The van der Waals surface area contributed by atoms with Crippen LogP contribution in [0.15, 0.2) is 54.6 Å². The summed E-state index contributed by atoms with van der Waals surface area (Å²) in [6, 6.07) is 9.04. The molecule has 1 aliphatic heterocycles. The van der Waals surface area contributed by atoms with Gasteiger partial charge in [0, 0.05) is 30.8 Å². The fourth-order valence-corrected chi connectivity index (χ4v) is 4.27. The van der Waals surface area contributed by atoms with E-state index in [2.05, 4.69) is 5.10 Å². The van der Waals surface area contributed by atoms with Crippen molar-refractivity contribution < 1.29 is 28.2 Å². The maximum atomic E-state index is 13.9. The van der Waals surface area contributed by atoms with Gasteiger partial charge in [-0.05, 0) is 69.2 Å². The molecule has 4 rings (SSSR count). The molecule has 3 aromatic rings. The monoisotopic (exact) mass is 525 g/mol. The second-order valence-corrected chi connectivity index (χ2v) is 9.69. The number of nitrogens with two attached hydrogens (primary N) is 2. The zero-order valence-corrected chi connectivity index (χ0v) is 21.0. The number of carbonyl (C=O) groups is 2. The van der Waals surface area contributed by atoms with Crippen LogP contribution in [0.25, 0.3) is 11.3 Å². The van der Waals surface area contributed by atoms with E-state index in [1.807, 2.05) is 0 Å². The second-order valence-electron chi connectivity index (χ2n) is 9.69. The molecule has 38 heavy (non-hydrogen) atoms. The van der Waals surface area contributed by atoms with Crippen molar-refractivity contribution in [3.05, 3.63) is 71.8 Å². The lowest BCUT2D eigenvalue weighted by Crippen LogP contribution is -2.40. The van der Waals surface area contributed by atoms with E-state index in [1.54, 1.807) is 43.0 Å². The number of hydrogen-bond acceptors (Lipinski definition) is 6. The number of aromatic nitrogens is 2. The number of aliphatic hydroxyl groups is 1. The summed E-state index contributed by atoms with van der Waals surface area (Å²) >= 11 is 0. The highest BCUT2D eigenvalue weighted by molar-refractivity contribution is 6.03. The number of amides is 2. The lowest BCUT2D eigenvalue weighted by Gasteiger charge is -2.32. The van der Waals surface area contributed by atoms with E-state index in [-0.39, 0.29) is 40.5 Å². The molecule has 1 atom stereocenters. The Morgan fingerprint density at radius 1 is 1.18 bits per heavy atom. The summed E-state index contributed by atoms with van der Waals surface area (Å²) in [6.45, 7) is 4.01. The molecule has 5 N–H and O–H groups in total. The number of nitrogen functional groups attached to an aromatic ring is 1. The van der Waals surface area contributed by atoms with Crippen LogP contribution in [-0.2, 0) is 4.79 Å². The second kappa shape index (κ2) is 10.6. The molecule has 9 nitrogen and oxygen atoms in total. The predicted octanol–water partition coefficient (Wildman–Crippen LogP) is 3.79. The number of nitrogens with zero attached hydrogens (tertiary/aromatic N) is 3. The number of likely N-dealkylation sites (tertiary alicyclic amines) is 1. The third-order valence-corrected chi connectivity index (χ3v) is 6.13. The summed E-state index contributed by atoms with van der Waals surface area (Å²) in [4.78, 5) is 26.6. The van der Waals surface area contributed by atoms with Crippen molar-refractivity contribution in [1.29, 1.82) is 0 Å². The Balaban J connectivity index is 1.58. The normalized spacial score (nSPS) is 16.1. The number of carbonyl (C=O) groups excluding carboxylic acids is 2. The first kappa shape index (κ1) is 26.8. The van der Waals surface area contributed by atoms with Gasteiger partial charge >= 0.3 is 0 Å². The van der Waals surface area contributed by atoms with Gasteiger partial charge in [-0.1, -0.05) is 0 Å². The van der Waals surface area contributed by atoms with Crippen LogP contribution >= 0.6 is 0 Å². The average molecular weight is 526 g/mol. The Morgan fingerprint density at radius 3 is 2.53 bits per heavy atom. The van der Waals surface area contributed by atoms with E-state index < -0.39 is 23.1 Å². The summed E-state index contributed by atoms with van der Waals surface area (Å²) in [5.41, 5.74) is 11.7. The molecule has 0 spiro atoms. The molecule has 0 radical (unpaired) electrons. The van der Waals surface area contributed by atoms with Gasteiger partial charge in [0.05, 0.1) is 11.6 Å². The molecule has 0 bridgehead atoms. The number of benzene rings is 2. The van der Waals surface area contributed by atoms with Crippen LogP contribution in [0.2, 0.25) is 0 Å². The molecular formula is C27H29F2N5O4. The van der Waals surface area contributed by atoms with E-state index in [9.17, 15) is 23.5 Å². The van der Waals surface area contributed by atoms with Crippen molar-refractivity contribution in [2.24, 2.45) is 5.73 Å². The Bertz CT molecular complexity index is 1380. The van der Waals surface area contributed by atoms with E-state index in [1.165, 1.54) is 22.9 Å². The van der Waals surface area contributed by atoms with Crippen LogP contribution in [0.4, 0.5) is 14.6 Å². The highest BCUT2D eigenvalue weighted by Crippen LogP contribution is 2.33. The minimum absolute atomic E-state index is 0.0497. The molecular weight excluding hydrogens is 496 g/mol. The minimum Gasteiger partial charge on any atom is -0.454 e. The smallest absolute Gasteiger partial charge is 0.254 e. The van der Waals surface area contributed by atoms with Gasteiger partial charge in [-0.3, -0.25) is 9.59 Å². The van der Waals surface area contributed by atoms with Crippen LogP contribution in [-0.4, -0.2) is 50.3 Å². The SMILES string of the molecule is CC(C)(O)/C=C/C(=O)N1CCCC(n2nc(-c3ccc(Oc4ccc(F)cc4F)cc3)c(C(N)=O)c2N)C1. The number of piperidine rings is 1. The van der Waals surface area contributed by atoms with Crippen molar-refractivity contribution >= 4 is 17.6 Å². The van der Waals surface area contributed by atoms with E-state index in [0.717, 1.165) is 12.1 Å².